The van der Waals surface area contributed by atoms with Gasteiger partial charge in [-0.3, -0.25) is 9.97 Å². The Bertz CT molecular complexity index is 767. The summed E-state index contributed by atoms with van der Waals surface area (Å²) in [4.78, 5) is 9.06. The van der Waals surface area contributed by atoms with E-state index in [0.717, 1.165) is 66.2 Å². The lowest BCUT2D eigenvalue weighted by Crippen LogP contribution is -2.51. The van der Waals surface area contributed by atoms with Crippen LogP contribution >= 0.6 is 0 Å². The van der Waals surface area contributed by atoms with Gasteiger partial charge in [0.1, 0.15) is 0 Å². The topological polar surface area (TPSA) is 55.2 Å². The molecule has 0 bridgehead atoms. The van der Waals surface area contributed by atoms with E-state index in [2.05, 4.69) is 16.9 Å². The van der Waals surface area contributed by atoms with Crippen molar-refractivity contribution in [2.24, 2.45) is 40.9 Å². The van der Waals surface area contributed by atoms with Crippen molar-refractivity contribution in [2.75, 3.05) is 13.7 Å². The van der Waals surface area contributed by atoms with Crippen LogP contribution in [0.4, 0.5) is 0 Å². The summed E-state index contributed by atoms with van der Waals surface area (Å²) in [5.74, 6) is 5.17. The third kappa shape index (κ3) is 3.97. The Morgan fingerprint density at radius 1 is 1.00 bits per heavy atom. The maximum atomic E-state index is 11.0. The molecule has 5 rings (SSSR count). The van der Waals surface area contributed by atoms with Gasteiger partial charge in [-0.2, -0.15) is 0 Å². The van der Waals surface area contributed by atoms with Gasteiger partial charge >= 0.3 is 0 Å². The van der Waals surface area contributed by atoms with Crippen LogP contribution in [0.3, 0.4) is 0 Å². The zero-order valence-electron chi connectivity index (χ0n) is 19.9. The molecule has 4 fully saturated rings. The molecule has 0 radical (unpaired) electrons. The summed E-state index contributed by atoms with van der Waals surface area (Å²) in [6, 6.07) is 0. The molecule has 4 saturated carbocycles. The number of hydrogen-bond acceptors (Lipinski definition) is 4. The Kier molecular flexibility index (Phi) is 5.92. The van der Waals surface area contributed by atoms with Crippen molar-refractivity contribution in [3.8, 4) is 0 Å². The number of aromatic nitrogens is 2. The number of rotatable bonds is 5. The van der Waals surface area contributed by atoms with Crippen LogP contribution < -0.4 is 0 Å². The molecule has 1 N–H and O–H groups in total. The first-order chi connectivity index (χ1) is 14.9. The molecule has 0 unspecified atom stereocenters. The molecule has 172 valence electrons. The summed E-state index contributed by atoms with van der Waals surface area (Å²) in [5, 5.41) is 11.0. The van der Waals surface area contributed by atoms with E-state index in [-0.39, 0.29) is 0 Å². The van der Waals surface area contributed by atoms with Crippen LogP contribution in [0.25, 0.3) is 0 Å². The highest BCUT2D eigenvalue weighted by Crippen LogP contribution is 2.65. The minimum atomic E-state index is -0.566. The fraction of sp³-hybridized carbons (Fsp3) is 0.852. The van der Waals surface area contributed by atoms with Crippen molar-refractivity contribution in [3.05, 3.63) is 23.8 Å². The minimum absolute atomic E-state index is 0.512. The van der Waals surface area contributed by atoms with Gasteiger partial charge in [-0.15, -0.1) is 0 Å². The van der Waals surface area contributed by atoms with Crippen molar-refractivity contribution in [3.63, 3.8) is 0 Å². The van der Waals surface area contributed by atoms with Crippen molar-refractivity contribution < 1.29 is 9.84 Å². The second-order valence-electron chi connectivity index (χ2n) is 11.8. The molecule has 4 aliphatic rings. The maximum absolute atomic E-state index is 11.0. The summed E-state index contributed by atoms with van der Waals surface area (Å²) in [6.07, 6.45) is 17.8. The molecule has 8 atom stereocenters. The molecule has 0 spiro atoms. The van der Waals surface area contributed by atoms with E-state index in [1.165, 1.54) is 51.4 Å². The van der Waals surface area contributed by atoms with Gasteiger partial charge in [-0.25, -0.2) is 0 Å². The molecule has 0 saturated heterocycles. The zero-order valence-corrected chi connectivity index (χ0v) is 19.9. The molecule has 1 aromatic heterocycles. The van der Waals surface area contributed by atoms with E-state index in [0.29, 0.717) is 12.0 Å². The molecule has 4 nitrogen and oxygen atoms in total. The largest absolute Gasteiger partial charge is 0.387 e. The molecule has 1 aromatic rings. The Morgan fingerprint density at radius 3 is 2.61 bits per heavy atom. The lowest BCUT2D eigenvalue weighted by Gasteiger charge is -2.57. The maximum Gasteiger partial charge on any atom is 0.0882 e. The monoisotopic (exact) mass is 426 g/mol. The number of hydrogen-bond donors (Lipinski definition) is 1. The smallest absolute Gasteiger partial charge is 0.0882 e. The van der Waals surface area contributed by atoms with Gasteiger partial charge in [-0.05, 0) is 118 Å². The van der Waals surface area contributed by atoms with Gasteiger partial charge < -0.3 is 9.84 Å². The number of methoxy groups -OCH3 is 1. The van der Waals surface area contributed by atoms with Crippen molar-refractivity contribution in [1.29, 1.82) is 0 Å². The summed E-state index contributed by atoms with van der Waals surface area (Å²) < 4.78 is 5.35. The molecular formula is C27H42N2O2. The lowest BCUT2D eigenvalue weighted by atomic mass is 9.49. The van der Waals surface area contributed by atoms with Crippen LogP contribution in [0.1, 0.15) is 82.5 Å². The molecule has 1 heterocycles. The average molecular weight is 427 g/mol. The van der Waals surface area contributed by atoms with Crippen LogP contribution in [0.5, 0.6) is 0 Å². The van der Waals surface area contributed by atoms with E-state index >= 15 is 0 Å². The standard InChI is InChI=1S/C27H42N2O2/c1-18-15-29-21(16-28-18)7-5-20-6-9-25-24-8-4-19-14-27(30,17-31-3)13-11-22(19)23(24)10-12-26(20,25)2/h15-16,19-20,22-25,30H,4-14,17H2,1-3H3/t19-,20+,22+,23-,24-,25+,26-,27-/m1/s1. The summed E-state index contributed by atoms with van der Waals surface area (Å²) in [5.41, 5.74) is 2.13. The summed E-state index contributed by atoms with van der Waals surface area (Å²) in [6.45, 7) is 5.16. The Hall–Kier alpha value is -1.00. The normalized spacial score (nSPS) is 44.4. The van der Waals surface area contributed by atoms with Crippen molar-refractivity contribution >= 4 is 0 Å². The van der Waals surface area contributed by atoms with Gasteiger partial charge in [-0.1, -0.05) is 6.92 Å². The van der Waals surface area contributed by atoms with Crippen LogP contribution in [0.15, 0.2) is 12.4 Å². The fourth-order valence-corrected chi connectivity index (χ4v) is 8.82. The first-order valence-corrected chi connectivity index (χ1v) is 12.9. The Morgan fingerprint density at radius 2 is 1.84 bits per heavy atom. The van der Waals surface area contributed by atoms with Gasteiger partial charge in [0.05, 0.1) is 23.6 Å². The molecular weight excluding hydrogens is 384 g/mol. The molecule has 0 amide bonds. The molecule has 4 aliphatic carbocycles. The molecule has 0 aliphatic heterocycles. The third-order valence-electron chi connectivity index (χ3n) is 10.3. The first-order valence-electron chi connectivity index (χ1n) is 12.9. The average Bonchev–Trinajstić information content (AvgIpc) is 3.09. The second-order valence-corrected chi connectivity index (χ2v) is 11.8. The second kappa shape index (κ2) is 8.41. The van der Waals surface area contributed by atoms with E-state index in [1.54, 1.807) is 7.11 Å². The molecule has 31 heavy (non-hydrogen) atoms. The van der Waals surface area contributed by atoms with Crippen LogP contribution in [-0.4, -0.2) is 34.4 Å². The SMILES string of the molecule is COC[C@@]1(O)CC[C@H]2[C@H](CC[C@@H]3[C@@H]2CC[C@]2(C)[C@@H](CCc4cnc(C)cn4)CC[C@@H]32)C1. The van der Waals surface area contributed by atoms with Crippen molar-refractivity contribution in [1.82, 2.24) is 9.97 Å². The van der Waals surface area contributed by atoms with Crippen molar-refractivity contribution in [2.45, 2.75) is 90.1 Å². The fourth-order valence-electron chi connectivity index (χ4n) is 8.82. The van der Waals surface area contributed by atoms with Gasteiger partial charge in [0, 0.05) is 19.5 Å². The highest BCUT2D eigenvalue weighted by molar-refractivity contribution is 5.08. The number of aliphatic hydroxyl groups is 1. The van der Waals surface area contributed by atoms with Crippen LogP contribution in [0.2, 0.25) is 0 Å². The quantitative estimate of drug-likeness (QED) is 0.688. The highest BCUT2D eigenvalue weighted by atomic mass is 16.5. The first kappa shape index (κ1) is 21.8. The van der Waals surface area contributed by atoms with E-state index in [1.807, 2.05) is 19.3 Å². The molecule has 4 heteroatoms. The summed E-state index contributed by atoms with van der Waals surface area (Å²) >= 11 is 0. The zero-order chi connectivity index (χ0) is 21.6. The summed E-state index contributed by atoms with van der Waals surface area (Å²) in [7, 11) is 1.73. The van der Waals surface area contributed by atoms with E-state index in [9.17, 15) is 5.11 Å². The minimum Gasteiger partial charge on any atom is -0.387 e. The number of ether oxygens (including phenoxy) is 1. The van der Waals surface area contributed by atoms with E-state index < -0.39 is 5.60 Å². The third-order valence-corrected chi connectivity index (χ3v) is 10.3. The predicted molar refractivity (Wildman–Crippen MR) is 123 cm³/mol. The van der Waals surface area contributed by atoms with Crippen LogP contribution in [-0.2, 0) is 11.2 Å². The predicted octanol–water partition coefficient (Wildman–Crippen LogP) is 5.36. The molecule has 0 aromatic carbocycles. The van der Waals surface area contributed by atoms with E-state index in [4.69, 9.17) is 4.74 Å². The van der Waals surface area contributed by atoms with Gasteiger partial charge in [0.25, 0.3) is 0 Å². The van der Waals surface area contributed by atoms with Crippen LogP contribution in [0, 0.1) is 47.8 Å². The van der Waals surface area contributed by atoms with Gasteiger partial charge in [0.15, 0.2) is 0 Å². The number of aryl methyl sites for hydroxylation is 2. The lowest BCUT2D eigenvalue weighted by molar-refractivity contribution is -0.124. The highest BCUT2D eigenvalue weighted by Gasteiger charge is 2.57. The van der Waals surface area contributed by atoms with Gasteiger partial charge in [0.2, 0.25) is 0 Å². The number of fused-ring (bicyclic) bond motifs is 5. The number of nitrogens with zero attached hydrogens (tertiary/aromatic N) is 2. The Balaban J connectivity index is 1.24. The Labute approximate surface area is 188 Å².